The zero-order valence-electron chi connectivity index (χ0n) is 11.6. The van der Waals surface area contributed by atoms with Gasteiger partial charge >= 0.3 is 0 Å². The van der Waals surface area contributed by atoms with Gasteiger partial charge in [-0.2, -0.15) is 0 Å². The molecule has 0 bridgehead atoms. The summed E-state index contributed by atoms with van der Waals surface area (Å²) >= 11 is 0. The van der Waals surface area contributed by atoms with Crippen molar-refractivity contribution in [2.75, 3.05) is 6.61 Å². The fourth-order valence-corrected chi connectivity index (χ4v) is 3.30. The highest BCUT2D eigenvalue weighted by atomic mass is 28.4. The van der Waals surface area contributed by atoms with E-state index >= 15 is 0 Å². The molecule has 3 nitrogen and oxygen atoms in total. The van der Waals surface area contributed by atoms with Gasteiger partial charge in [0.15, 0.2) is 0 Å². The zero-order chi connectivity index (χ0) is 14.0. The second-order valence-corrected chi connectivity index (χ2v) is 7.70. The fraction of sp³-hybridized carbons (Fsp3) is 0.308. The van der Waals surface area contributed by atoms with Crippen LogP contribution in [0.3, 0.4) is 0 Å². The van der Waals surface area contributed by atoms with E-state index < -0.39 is 8.32 Å². The lowest BCUT2D eigenvalue weighted by atomic mass is 10.4. The van der Waals surface area contributed by atoms with E-state index in [1.54, 1.807) is 0 Å². The summed E-state index contributed by atoms with van der Waals surface area (Å²) in [7, 11) is -1.31. The van der Waals surface area contributed by atoms with E-state index in [0.717, 1.165) is 6.61 Å². The van der Waals surface area contributed by atoms with E-state index in [1.807, 2.05) is 30.8 Å². The zero-order valence-corrected chi connectivity index (χ0v) is 14.6. The maximum atomic E-state index is 9.62. The van der Waals surface area contributed by atoms with Crippen molar-refractivity contribution in [3.63, 3.8) is 0 Å². The fourth-order valence-electron chi connectivity index (χ4n) is 1.33. The van der Waals surface area contributed by atoms with Crippen LogP contribution >= 0.6 is 0 Å². The summed E-state index contributed by atoms with van der Waals surface area (Å²) in [4.78, 5) is 9.62. The number of hydrogen-bond acceptors (Lipinski definition) is 3. The molecule has 1 rings (SSSR count). The third-order valence-electron chi connectivity index (χ3n) is 2.47. The molecule has 0 aliphatic heterocycles. The van der Waals surface area contributed by atoms with Gasteiger partial charge in [-0.25, -0.2) is 0 Å². The minimum atomic E-state index is -1.84. The molecule has 100 valence electrons. The maximum Gasteiger partial charge on any atom is 0.288 e. The maximum absolute atomic E-state index is 9.62. The molecule has 1 aromatic rings. The highest BCUT2D eigenvalue weighted by Gasteiger charge is 2.26. The Balaban J connectivity index is 0.000000494. The molecular weight excluding hydrogens is 260 g/mol. The van der Waals surface area contributed by atoms with Crippen LogP contribution in [0.15, 0.2) is 42.6 Å². The normalized spacial score (nSPS) is 12.8. The molecule has 1 atom stereocenters. The summed E-state index contributed by atoms with van der Waals surface area (Å²) in [6, 6.07) is 10.3. The lowest BCUT2D eigenvalue weighted by Gasteiger charge is -2.22. The van der Waals surface area contributed by atoms with Crippen molar-refractivity contribution in [1.29, 1.82) is 0 Å². The quantitative estimate of drug-likeness (QED) is 0.775. The highest BCUT2D eigenvalue weighted by Crippen LogP contribution is 2.06. The number of benzene rings is 1. The summed E-state index contributed by atoms with van der Waals surface area (Å²) in [5, 5.41) is 1.28. The van der Waals surface area contributed by atoms with Crippen molar-refractivity contribution < 1.29 is 13.6 Å². The first-order valence-electron chi connectivity index (χ1n) is 5.87. The highest BCUT2D eigenvalue weighted by molar-refractivity contribution is 6.89. The Morgan fingerprint density at radius 2 is 1.94 bits per heavy atom. The van der Waals surface area contributed by atoms with Crippen LogP contribution in [-0.4, -0.2) is 31.4 Å². The van der Waals surface area contributed by atoms with E-state index in [2.05, 4.69) is 29.7 Å². The van der Waals surface area contributed by atoms with Crippen molar-refractivity contribution in [3.05, 3.63) is 42.6 Å². The van der Waals surface area contributed by atoms with E-state index in [-0.39, 0.29) is 5.97 Å². The van der Waals surface area contributed by atoms with Gasteiger partial charge in [-0.05, 0) is 18.7 Å². The molecule has 0 saturated heterocycles. The second-order valence-electron chi connectivity index (χ2n) is 3.81. The Labute approximate surface area is 113 Å². The molecule has 0 fully saturated rings. The Bertz CT molecular complexity index is 368. The summed E-state index contributed by atoms with van der Waals surface area (Å²) in [6.45, 7) is 10.2. The van der Waals surface area contributed by atoms with E-state index in [0.29, 0.717) is 10.5 Å². The lowest BCUT2D eigenvalue weighted by molar-refractivity contribution is -0.131. The van der Waals surface area contributed by atoms with E-state index in [4.69, 9.17) is 4.43 Å². The first-order valence-corrected chi connectivity index (χ1v) is 9.18. The molecule has 0 radical (unpaired) electrons. The Kier molecular flexibility index (Phi) is 8.27. The van der Waals surface area contributed by atoms with E-state index in [1.165, 1.54) is 12.1 Å². The van der Waals surface area contributed by atoms with Crippen LogP contribution in [0, 0.1) is 0 Å². The molecule has 0 spiro atoms. The Morgan fingerprint density at radius 1 is 1.44 bits per heavy atom. The van der Waals surface area contributed by atoms with Crippen LogP contribution in [0.4, 0.5) is 0 Å². The third kappa shape index (κ3) is 5.95. The molecule has 0 aliphatic carbocycles. The van der Waals surface area contributed by atoms with Crippen LogP contribution in [0.25, 0.3) is 0 Å². The SMILES string of the molecule is C=C[Si](C)(OCC)c1ccccc1.CC(=O)O[SiH3]. The van der Waals surface area contributed by atoms with Crippen molar-refractivity contribution in [1.82, 2.24) is 0 Å². The van der Waals surface area contributed by atoms with Gasteiger partial charge < -0.3 is 8.85 Å². The third-order valence-corrected chi connectivity index (χ3v) is 6.19. The predicted octanol–water partition coefficient (Wildman–Crippen LogP) is 1.06. The van der Waals surface area contributed by atoms with Gasteiger partial charge in [0.25, 0.3) is 5.97 Å². The van der Waals surface area contributed by atoms with Gasteiger partial charge in [0, 0.05) is 13.5 Å². The number of rotatable bonds is 4. The van der Waals surface area contributed by atoms with Gasteiger partial charge in [-0.3, -0.25) is 4.79 Å². The molecule has 0 saturated carbocycles. The molecule has 1 aromatic carbocycles. The number of hydrogen-bond donors (Lipinski definition) is 0. The average molecular weight is 282 g/mol. The Morgan fingerprint density at radius 3 is 2.28 bits per heavy atom. The van der Waals surface area contributed by atoms with Crippen LogP contribution in [-0.2, 0) is 13.6 Å². The molecular formula is C13H22O3Si2. The first kappa shape index (κ1) is 16.8. The average Bonchev–Trinajstić information content (AvgIpc) is 2.40. The van der Waals surface area contributed by atoms with Crippen molar-refractivity contribution in [2.45, 2.75) is 20.4 Å². The van der Waals surface area contributed by atoms with Gasteiger partial charge in [0.05, 0.1) is 0 Å². The molecule has 5 heteroatoms. The first-order chi connectivity index (χ1) is 8.50. The number of carbonyl (C=O) groups excluding carboxylic acids is 1. The van der Waals surface area contributed by atoms with Crippen molar-refractivity contribution >= 4 is 30.0 Å². The van der Waals surface area contributed by atoms with E-state index in [9.17, 15) is 4.79 Å². The van der Waals surface area contributed by atoms with Crippen LogP contribution < -0.4 is 5.19 Å². The molecule has 0 N–H and O–H groups in total. The molecule has 0 heterocycles. The minimum absolute atomic E-state index is 0.184. The minimum Gasteiger partial charge on any atom is -0.529 e. The van der Waals surface area contributed by atoms with Crippen LogP contribution in [0.1, 0.15) is 13.8 Å². The molecule has 18 heavy (non-hydrogen) atoms. The summed E-state index contributed by atoms with van der Waals surface area (Å²) < 4.78 is 10.0. The number of carbonyl (C=O) groups is 1. The van der Waals surface area contributed by atoms with Crippen LogP contribution in [0.2, 0.25) is 6.55 Å². The second kappa shape index (κ2) is 8.85. The van der Waals surface area contributed by atoms with Crippen LogP contribution in [0.5, 0.6) is 0 Å². The smallest absolute Gasteiger partial charge is 0.288 e. The molecule has 0 aliphatic rings. The van der Waals surface area contributed by atoms with Gasteiger partial charge in [0.1, 0.15) is 0 Å². The Hall–Kier alpha value is -1.18. The molecule has 0 amide bonds. The molecule has 1 unspecified atom stereocenters. The standard InChI is InChI=1S/C11H16OSi.C2H6O2Si/c1-4-12-13(3,5-2)11-9-7-6-8-10-11;1-2(3)4-5/h5-10H,2,4H2,1,3H3;1,5H3. The van der Waals surface area contributed by atoms with Crippen molar-refractivity contribution in [3.8, 4) is 0 Å². The predicted molar refractivity (Wildman–Crippen MR) is 81.2 cm³/mol. The van der Waals surface area contributed by atoms with Gasteiger partial charge in [-0.1, -0.05) is 36.0 Å². The topological polar surface area (TPSA) is 35.5 Å². The summed E-state index contributed by atoms with van der Waals surface area (Å²) in [6.07, 6.45) is 0. The summed E-state index contributed by atoms with van der Waals surface area (Å²) in [5.74, 6) is -0.184. The monoisotopic (exact) mass is 282 g/mol. The summed E-state index contributed by atoms with van der Waals surface area (Å²) in [5.41, 5.74) is 1.98. The van der Waals surface area contributed by atoms with Gasteiger partial charge in [-0.15, -0.1) is 6.58 Å². The van der Waals surface area contributed by atoms with Crippen molar-refractivity contribution in [2.24, 2.45) is 0 Å². The largest absolute Gasteiger partial charge is 0.529 e. The lowest BCUT2D eigenvalue weighted by Crippen LogP contribution is -2.46. The molecule has 0 aromatic heterocycles. The van der Waals surface area contributed by atoms with Gasteiger partial charge in [0.2, 0.25) is 18.8 Å².